The standard InChI is InChI=1S/C17H27NO4S/c1-10(2)13-7-14(11(3)4)17(15(8-13)12(5)6)23(21,22)18-9-16(19)20/h7-8,10-12,18H,9H2,1-6H3,(H,19,20). The molecule has 1 rings (SSSR count). The molecule has 0 radical (unpaired) electrons. The molecule has 0 aliphatic rings. The fourth-order valence-electron chi connectivity index (χ4n) is 2.43. The molecule has 0 aromatic heterocycles. The molecule has 1 aromatic rings. The summed E-state index contributed by atoms with van der Waals surface area (Å²) < 4.78 is 27.6. The molecule has 0 atom stereocenters. The maximum Gasteiger partial charge on any atom is 0.318 e. The largest absolute Gasteiger partial charge is 0.480 e. The number of benzene rings is 1. The van der Waals surface area contributed by atoms with Gasteiger partial charge < -0.3 is 5.11 Å². The molecule has 5 nitrogen and oxygen atoms in total. The van der Waals surface area contributed by atoms with Gasteiger partial charge in [0.05, 0.1) is 4.90 Å². The van der Waals surface area contributed by atoms with E-state index in [-0.39, 0.29) is 22.6 Å². The molecule has 2 N–H and O–H groups in total. The summed E-state index contributed by atoms with van der Waals surface area (Å²) in [6.07, 6.45) is 0. The van der Waals surface area contributed by atoms with Crippen LogP contribution in [0.2, 0.25) is 0 Å². The smallest absolute Gasteiger partial charge is 0.318 e. The van der Waals surface area contributed by atoms with Gasteiger partial charge in [-0.2, -0.15) is 4.72 Å². The number of carbonyl (C=O) groups is 1. The monoisotopic (exact) mass is 341 g/mol. The molecular weight excluding hydrogens is 314 g/mol. The predicted molar refractivity (Wildman–Crippen MR) is 91.5 cm³/mol. The summed E-state index contributed by atoms with van der Waals surface area (Å²) in [6.45, 7) is 11.3. The minimum absolute atomic E-state index is 0.0163. The van der Waals surface area contributed by atoms with Crippen molar-refractivity contribution in [2.45, 2.75) is 64.2 Å². The number of sulfonamides is 1. The Balaban J connectivity index is 3.64. The van der Waals surface area contributed by atoms with Crippen LogP contribution in [0.25, 0.3) is 0 Å². The lowest BCUT2D eigenvalue weighted by Crippen LogP contribution is -2.31. The van der Waals surface area contributed by atoms with Crippen LogP contribution in [0.5, 0.6) is 0 Å². The number of carboxylic acids is 1. The van der Waals surface area contributed by atoms with E-state index >= 15 is 0 Å². The van der Waals surface area contributed by atoms with Gasteiger partial charge in [0.25, 0.3) is 0 Å². The van der Waals surface area contributed by atoms with Crippen LogP contribution < -0.4 is 4.72 Å². The fraction of sp³-hybridized carbons (Fsp3) is 0.588. The molecule has 0 aliphatic carbocycles. The first-order chi connectivity index (χ1) is 10.5. The Kier molecular flexibility index (Phi) is 6.36. The summed E-state index contributed by atoms with van der Waals surface area (Å²) in [5, 5.41) is 8.77. The Morgan fingerprint density at radius 3 is 1.74 bits per heavy atom. The number of hydrogen-bond donors (Lipinski definition) is 2. The van der Waals surface area contributed by atoms with Crippen molar-refractivity contribution in [2.75, 3.05) is 6.54 Å². The van der Waals surface area contributed by atoms with Crippen molar-refractivity contribution in [2.24, 2.45) is 0 Å². The zero-order valence-corrected chi connectivity index (χ0v) is 15.5. The van der Waals surface area contributed by atoms with Crippen molar-refractivity contribution in [1.29, 1.82) is 0 Å². The van der Waals surface area contributed by atoms with E-state index in [2.05, 4.69) is 18.6 Å². The van der Waals surface area contributed by atoms with Gasteiger partial charge in [0, 0.05) is 0 Å². The molecule has 1 aromatic carbocycles. The lowest BCUT2D eigenvalue weighted by Gasteiger charge is -2.22. The summed E-state index contributed by atoms with van der Waals surface area (Å²) in [5.41, 5.74) is 2.56. The van der Waals surface area contributed by atoms with Crippen molar-refractivity contribution in [3.05, 3.63) is 28.8 Å². The first-order valence-electron chi connectivity index (χ1n) is 7.86. The van der Waals surface area contributed by atoms with Crippen LogP contribution in [0.1, 0.15) is 76.0 Å². The van der Waals surface area contributed by atoms with Gasteiger partial charge in [-0.25, -0.2) is 8.42 Å². The molecule has 0 aliphatic heterocycles. The van der Waals surface area contributed by atoms with E-state index in [9.17, 15) is 13.2 Å². The van der Waals surface area contributed by atoms with Gasteiger partial charge in [-0.15, -0.1) is 0 Å². The molecule has 23 heavy (non-hydrogen) atoms. The summed E-state index contributed by atoms with van der Waals surface area (Å²) in [6, 6.07) is 3.85. The molecule has 0 spiro atoms. The lowest BCUT2D eigenvalue weighted by atomic mass is 9.89. The van der Waals surface area contributed by atoms with E-state index in [0.717, 1.165) is 16.7 Å². The normalized spacial score (nSPS) is 12.4. The molecule has 0 saturated carbocycles. The second-order valence-electron chi connectivity index (χ2n) is 6.71. The third-order valence-electron chi connectivity index (χ3n) is 3.76. The van der Waals surface area contributed by atoms with Crippen LogP contribution in [0.15, 0.2) is 17.0 Å². The van der Waals surface area contributed by atoms with E-state index in [1.807, 2.05) is 39.8 Å². The topological polar surface area (TPSA) is 83.5 Å². The SMILES string of the molecule is CC(C)c1cc(C(C)C)c(S(=O)(=O)NCC(=O)O)c(C(C)C)c1. The highest BCUT2D eigenvalue weighted by Gasteiger charge is 2.27. The van der Waals surface area contributed by atoms with E-state index in [1.54, 1.807) is 0 Å². The molecule has 130 valence electrons. The highest BCUT2D eigenvalue weighted by molar-refractivity contribution is 7.89. The third-order valence-corrected chi connectivity index (χ3v) is 5.29. The van der Waals surface area contributed by atoms with Crippen molar-refractivity contribution >= 4 is 16.0 Å². The Morgan fingerprint density at radius 2 is 1.43 bits per heavy atom. The summed E-state index contributed by atoms with van der Waals surface area (Å²) in [5.74, 6) is -0.886. The number of rotatable bonds is 7. The molecular formula is C17H27NO4S. The maximum absolute atomic E-state index is 12.7. The Morgan fingerprint density at radius 1 is 1.00 bits per heavy atom. The molecule has 0 amide bonds. The molecule has 0 bridgehead atoms. The summed E-state index contributed by atoms with van der Waals surface area (Å²) >= 11 is 0. The van der Waals surface area contributed by atoms with Crippen LogP contribution in [0, 0.1) is 0 Å². The molecule has 0 heterocycles. The first-order valence-corrected chi connectivity index (χ1v) is 9.34. The Hall–Kier alpha value is -1.40. The van der Waals surface area contributed by atoms with Crippen molar-refractivity contribution in [3.8, 4) is 0 Å². The number of nitrogens with one attached hydrogen (secondary N) is 1. The molecule has 0 unspecified atom stereocenters. The van der Waals surface area contributed by atoms with Crippen molar-refractivity contribution in [3.63, 3.8) is 0 Å². The average molecular weight is 341 g/mol. The van der Waals surface area contributed by atoms with Gasteiger partial charge in [0.1, 0.15) is 6.54 Å². The third kappa shape index (κ3) is 4.78. The predicted octanol–water partition coefficient (Wildman–Crippen LogP) is 3.42. The van der Waals surface area contributed by atoms with E-state index in [4.69, 9.17) is 5.11 Å². The zero-order valence-electron chi connectivity index (χ0n) is 14.7. The van der Waals surface area contributed by atoms with Gasteiger partial charge in [-0.1, -0.05) is 53.7 Å². The molecule has 6 heteroatoms. The lowest BCUT2D eigenvalue weighted by molar-refractivity contribution is -0.135. The van der Waals surface area contributed by atoms with Gasteiger partial charge >= 0.3 is 5.97 Å². The number of hydrogen-bond acceptors (Lipinski definition) is 3. The Bertz CT molecular complexity index is 647. The molecule has 0 fully saturated rings. The quantitative estimate of drug-likeness (QED) is 0.796. The second kappa shape index (κ2) is 7.45. The van der Waals surface area contributed by atoms with Gasteiger partial charge in [-0.3, -0.25) is 4.79 Å². The van der Waals surface area contributed by atoms with Crippen LogP contribution in [0.3, 0.4) is 0 Å². The number of aliphatic carboxylic acids is 1. The van der Waals surface area contributed by atoms with E-state index in [1.165, 1.54) is 0 Å². The van der Waals surface area contributed by atoms with Crippen LogP contribution in [-0.2, 0) is 14.8 Å². The summed E-state index contributed by atoms with van der Waals surface area (Å²) in [4.78, 5) is 11.0. The first kappa shape index (κ1) is 19.6. The van der Waals surface area contributed by atoms with Crippen LogP contribution in [0.4, 0.5) is 0 Å². The van der Waals surface area contributed by atoms with Gasteiger partial charge in [-0.05, 0) is 34.4 Å². The average Bonchev–Trinajstić information content (AvgIpc) is 2.43. The maximum atomic E-state index is 12.7. The van der Waals surface area contributed by atoms with Crippen molar-refractivity contribution in [1.82, 2.24) is 4.72 Å². The van der Waals surface area contributed by atoms with Crippen LogP contribution in [-0.4, -0.2) is 26.0 Å². The summed E-state index contributed by atoms with van der Waals surface area (Å²) in [7, 11) is -3.88. The Labute approximate surface area is 139 Å². The highest BCUT2D eigenvalue weighted by Crippen LogP contribution is 2.34. The second-order valence-corrected chi connectivity index (χ2v) is 8.41. The zero-order chi connectivity index (χ0) is 17.9. The fourth-order valence-corrected chi connectivity index (χ4v) is 4.10. The van der Waals surface area contributed by atoms with Crippen molar-refractivity contribution < 1.29 is 18.3 Å². The van der Waals surface area contributed by atoms with Gasteiger partial charge in [0.15, 0.2) is 0 Å². The minimum atomic E-state index is -3.88. The van der Waals surface area contributed by atoms with Gasteiger partial charge in [0.2, 0.25) is 10.0 Å². The molecule has 0 saturated heterocycles. The minimum Gasteiger partial charge on any atom is -0.480 e. The van der Waals surface area contributed by atoms with Crippen LogP contribution >= 0.6 is 0 Å². The highest BCUT2D eigenvalue weighted by atomic mass is 32.2. The van der Waals surface area contributed by atoms with E-state index < -0.39 is 22.5 Å². The van der Waals surface area contributed by atoms with E-state index in [0.29, 0.717) is 0 Å². The number of carboxylic acid groups (broad SMARTS) is 1.